The van der Waals surface area contributed by atoms with E-state index in [1.807, 2.05) is 18.2 Å². The van der Waals surface area contributed by atoms with Crippen LogP contribution in [0.15, 0.2) is 47.6 Å². The van der Waals surface area contributed by atoms with Crippen LogP contribution >= 0.6 is 22.6 Å². The van der Waals surface area contributed by atoms with Crippen LogP contribution in [0.2, 0.25) is 0 Å². The molecule has 2 aromatic carbocycles. The maximum atomic E-state index is 12.3. The molecule has 0 unspecified atom stereocenters. The molecule has 1 N–H and O–H groups in total. The number of carbonyl (C=O) groups is 1. The minimum absolute atomic E-state index is 0.0606. The van der Waals surface area contributed by atoms with Gasteiger partial charge in [-0.25, -0.2) is 5.43 Å². The summed E-state index contributed by atoms with van der Waals surface area (Å²) >= 11 is 2.18. The number of hydrogen-bond acceptors (Lipinski definition) is 4. The van der Waals surface area contributed by atoms with Crippen LogP contribution in [0.3, 0.4) is 0 Å². The number of nitrogens with one attached hydrogen (secondary N) is 1. The zero-order valence-electron chi connectivity index (χ0n) is 18.1. The zero-order valence-corrected chi connectivity index (χ0v) is 20.3. The molecule has 158 valence electrons. The van der Waals surface area contributed by atoms with Gasteiger partial charge in [0, 0.05) is 38.6 Å². The van der Waals surface area contributed by atoms with E-state index in [0.29, 0.717) is 5.56 Å². The molecule has 1 aliphatic rings. The Kier molecular flexibility index (Phi) is 6.85. The molecule has 5 nitrogen and oxygen atoms in total. The molecular formula is C24H28IN3O2. The summed E-state index contributed by atoms with van der Waals surface area (Å²) in [5, 5.41) is 4.17. The Morgan fingerprint density at radius 2 is 2.07 bits per heavy atom. The number of hydrogen-bond donors (Lipinski definition) is 1. The van der Waals surface area contributed by atoms with Gasteiger partial charge in [-0.05, 0) is 79.6 Å². The van der Waals surface area contributed by atoms with Gasteiger partial charge in [-0.15, -0.1) is 0 Å². The van der Waals surface area contributed by atoms with Gasteiger partial charge in [0.05, 0.1) is 18.9 Å². The van der Waals surface area contributed by atoms with Crippen LogP contribution in [0.4, 0.5) is 5.69 Å². The van der Waals surface area contributed by atoms with E-state index in [9.17, 15) is 4.79 Å². The molecule has 0 saturated carbocycles. The number of anilines is 1. The van der Waals surface area contributed by atoms with Gasteiger partial charge in [0.15, 0.2) is 0 Å². The van der Waals surface area contributed by atoms with Crippen LogP contribution < -0.4 is 15.1 Å². The number of halogens is 1. The van der Waals surface area contributed by atoms with Gasteiger partial charge < -0.3 is 9.64 Å². The van der Waals surface area contributed by atoms with Crippen LogP contribution in [0.25, 0.3) is 5.57 Å². The molecule has 0 aliphatic carbocycles. The third-order valence-electron chi connectivity index (χ3n) is 5.23. The van der Waals surface area contributed by atoms with Crippen molar-refractivity contribution in [3.05, 3.63) is 62.7 Å². The van der Waals surface area contributed by atoms with Crippen molar-refractivity contribution in [3.63, 3.8) is 0 Å². The van der Waals surface area contributed by atoms with Gasteiger partial charge in [-0.3, -0.25) is 4.79 Å². The third-order valence-corrected chi connectivity index (χ3v) is 5.90. The summed E-state index contributed by atoms with van der Waals surface area (Å²) in [4.78, 5) is 14.8. The predicted molar refractivity (Wildman–Crippen MR) is 133 cm³/mol. The molecule has 0 aromatic heterocycles. The Hall–Kier alpha value is -2.35. The standard InChI is InChI=1S/C24H28IN3O2/c1-6-10-28-21-13-22(30-5)18(12-20(21)16(2)14-24(28,3)4)15-26-27-23(29)17-8-7-9-19(25)11-17/h7-9,11-15H,6,10H2,1-5H3,(H,27,29)/b26-15-. The van der Waals surface area contributed by atoms with E-state index >= 15 is 0 Å². The number of methoxy groups -OCH3 is 1. The largest absolute Gasteiger partial charge is 0.496 e. The second kappa shape index (κ2) is 9.20. The van der Waals surface area contributed by atoms with E-state index in [1.54, 1.807) is 19.4 Å². The van der Waals surface area contributed by atoms with Crippen molar-refractivity contribution in [2.75, 3.05) is 18.6 Å². The number of nitrogens with zero attached hydrogens (tertiary/aromatic N) is 2. The highest BCUT2D eigenvalue weighted by Gasteiger charge is 2.31. The van der Waals surface area contributed by atoms with Gasteiger partial charge in [-0.2, -0.15) is 5.10 Å². The van der Waals surface area contributed by atoms with E-state index in [-0.39, 0.29) is 11.4 Å². The highest BCUT2D eigenvalue weighted by Crippen LogP contribution is 2.41. The maximum Gasteiger partial charge on any atom is 0.271 e. The Bertz CT molecular complexity index is 1010. The normalized spacial score (nSPS) is 15.0. The second-order valence-corrected chi connectivity index (χ2v) is 9.20. The average Bonchev–Trinajstić information content (AvgIpc) is 2.70. The topological polar surface area (TPSA) is 53.9 Å². The molecule has 2 aromatic rings. The molecule has 3 rings (SSSR count). The van der Waals surface area contributed by atoms with Gasteiger partial charge in [-0.1, -0.05) is 19.1 Å². The van der Waals surface area contributed by atoms with E-state index in [0.717, 1.165) is 33.4 Å². The fourth-order valence-corrected chi connectivity index (χ4v) is 4.43. The third kappa shape index (κ3) is 4.69. The maximum absolute atomic E-state index is 12.3. The van der Waals surface area contributed by atoms with Crippen molar-refractivity contribution in [1.29, 1.82) is 0 Å². The van der Waals surface area contributed by atoms with Gasteiger partial charge in [0.1, 0.15) is 5.75 Å². The van der Waals surface area contributed by atoms with E-state index in [2.05, 4.69) is 83.9 Å². The summed E-state index contributed by atoms with van der Waals surface area (Å²) in [6.45, 7) is 9.76. The summed E-state index contributed by atoms with van der Waals surface area (Å²) in [6.07, 6.45) is 5.00. The number of benzene rings is 2. The number of amides is 1. The molecular weight excluding hydrogens is 489 g/mol. The molecule has 0 spiro atoms. The first-order chi connectivity index (χ1) is 14.3. The minimum atomic E-state index is -0.242. The van der Waals surface area contributed by atoms with Gasteiger partial charge >= 0.3 is 0 Å². The first-order valence-electron chi connectivity index (χ1n) is 10.0. The number of fused-ring (bicyclic) bond motifs is 1. The van der Waals surface area contributed by atoms with Crippen molar-refractivity contribution in [2.24, 2.45) is 5.10 Å². The smallest absolute Gasteiger partial charge is 0.271 e. The van der Waals surface area contributed by atoms with Gasteiger partial charge in [0.2, 0.25) is 0 Å². The summed E-state index contributed by atoms with van der Waals surface area (Å²) < 4.78 is 6.65. The van der Waals surface area contributed by atoms with Gasteiger partial charge in [0.25, 0.3) is 5.91 Å². The lowest BCUT2D eigenvalue weighted by molar-refractivity contribution is 0.0955. The van der Waals surface area contributed by atoms with E-state index < -0.39 is 0 Å². The minimum Gasteiger partial charge on any atom is -0.496 e. The molecule has 0 fully saturated rings. The molecule has 1 aliphatic heterocycles. The first-order valence-corrected chi connectivity index (χ1v) is 11.1. The predicted octanol–water partition coefficient (Wildman–Crippen LogP) is 5.48. The molecule has 1 heterocycles. The lowest BCUT2D eigenvalue weighted by Crippen LogP contribution is -2.45. The number of ether oxygens (including phenoxy) is 1. The molecule has 0 saturated heterocycles. The molecule has 0 radical (unpaired) electrons. The Labute approximate surface area is 192 Å². The lowest BCUT2D eigenvalue weighted by Gasteiger charge is -2.43. The number of rotatable bonds is 6. The molecule has 6 heteroatoms. The fraction of sp³-hybridized carbons (Fsp3) is 0.333. The summed E-state index contributed by atoms with van der Waals surface area (Å²) in [5.41, 5.74) is 7.50. The van der Waals surface area contributed by atoms with Crippen molar-refractivity contribution in [2.45, 2.75) is 39.7 Å². The quantitative estimate of drug-likeness (QED) is 0.314. The monoisotopic (exact) mass is 517 g/mol. The Morgan fingerprint density at radius 1 is 1.30 bits per heavy atom. The summed E-state index contributed by atoms with van der Waals surface area (Å²) in [5.74, 6) is 0.487. The van der Waals surface area contributed by atoms with Crippen molar-refractivity contribution in [1.82, 2.24) is 5.43 Å². The summed E-state index contributed by atoms with van der Waals surface area (Å²) in [7, 11) is 1.66. The zero-order chi connectivity index (χ0) is 21.9. The molecule has 30 heavy (non-hydrogen) atoms. The Balaban J connectivity index is 1.90. The lowest BCUT2D eigenvalue weighted by atomic mass is 9.87. The molecule has 0 atom stereocenters. The van der Waals surface area contributed by atoms with E-state index in [4.69, 9.17) is 4.74 Å². The number of allylic oxidation sites excluding steroid dienone is 1. The van der Waals surface area contributed by atoms with Crippen LogP contribution in [-0.2, 0) is 0 Å². The number of hydrazone groups is 1. The Morgan fingerprint density at radius 3 is 2.73 bits per heavy atom. The van der Waals surface area contributed by atoms with E-state index in [1.165, 1.54) is 11.3 Å². The highest BCUT2D eigenvalue weighted by molar-refractivity contribution is 14.1. The number of carbonyl (C=O) groups excluding carboxylic acids is 1. The van der Waals surface area contributed by atoms with Crippen molar-refractivity contribution < 1.29 is 9.53 Å². The summed E-state index contributed by atoms with van der Waals surface area (Å²) in [6, 6.07) is 11.5. The first kappa shape index (κ1) is 22.3. The molecule has 0 bridgehead atoms. The van der Waals surface area contributed by atoms with Crippen LogP contribution in [-0.4, -0.2) is 31.3 Å². The van der Waals surface area contributed by atoms with Crippen LogP contribution in [0.1, 0.15) is 55.6 Å². The fourth-order valence-electron chi connectivity index (χ4n) is 3.89. The van der Waals surface area contributed by atoms with Crippen LogP contribution in [0, 0.1) is 3.57 Å². The van der Waals surface area contributed by atoms with Crippen molar-refractivity contribution in [3.8, 4) is 5.75 Å². The SMILES string of the molecule is CCCN1c2cc(OC)c(/C=N\NC(=O)c3cccc(I)c3)cc2C(C)=CC1(C)C. The average molecular weight is 517 g/mol. The van der Waals surface area contributed by atoms with Crippen molar-refractivity contribution >= 4 is 46.0 Å². The molecule has 1 amide bonds. The van der Waals surface area contributed by atoms with Crippen LogP contribution in [0.5, 0.6) is 5.75 Å². The second-order valence-electron chi connectivity index (χ2n) is 7.95. The highest BCUT2D eigenvalue weighted by atomic mass is 127.